The van der Waals surface area contributed by atoms with Crippen molar-refractivity contribution in [2.75, 3.05) is 0 Å². The van der Waals surface area contributed by atoms with Gasteiger partial charge in [-0.05, 0) is 41.5 Å². The van der Waals surface area contributed by atoms with Crippen molar-refractivity contribution in [1.29, 1.82) is 0 Å². The van der Waals surface area contributed by atoms with E-state index in [1.165, 1.54) is 6.08 Å². The number of amides is 2. The van der Waals surface area contributed by atoms with Gasteiger partial charge in [0.05, 0.1) is 6.26 Å². The molecule has 0 fully saturated rings. The predicted molar refractivity (Wildman–Crippen MR) is 103 cm³/mol. The number of carbonyl (C=O) groups excluding carboxylic acids is 2. The van der Waals surface area contributed by atoms with Crippen molar-refractivity contribution < 1.29 is 14.0 Å². The third-order valence-electron chi connectivity index (χ3n) is 4.10. The second-order valence-corrected chi connectivity index (χ2v) is 5.95. The molecule has 0 radical (unpaired) electrons. The Morgan fingerprint density at radius 1 is 1.00 bits per heavy atom. The zero-order valence-electron chi connectivity index (χ0n) is 14.7. The van der Waals surface area contributed by atoms with Gasteiger partial charge < -0.3 is 15.1 Å². The van der Waals surface area contributed by atoms with Crippen molar-refractivity contribution in [2.45, 2.75) is 12.6 Å². The molecule has 5 heteroatoms. The van der Waals surface area contributed by atoms with E-state index in [0.29, 0.717) is 17.9 Å². The van der Waals surface area contributed by atoms with Crippen molar-refractivity contribution in [3.8, 4) is 0 Å². The molecule has 0 aliphatic rings. The molecule has 1 unspecified atom stereocenters. The molecule has 1 heterocycles. The lowest BCUT2D eigenvalue weighted by atomic mass is 10.0. The van der Waals surface area contributed by atoms with Crippen LogP contribution in [0.1, 0.15) is 33.3 Å². The topological polar surface area (TPSA) is 71.3 Å². The van der Waals surface area contributed by atoms with Crippen LogP contribution in [0.2, 0.25) is 0 Å². The normalized spacial score (nSPS) is 11.4. The fraction of sp³-hybridized carbons (Fsp3) is 0.0909. The van der Waals surface area contributed by atoms with E-state index in [2.05, 4.69) is 17.2 Å². The van der Waals surface area contributed by atoms with Crippen LogP contribution in [0.15, 0.2) is 90.1 Å². The van der Waals surface area contributed by atoms with Crippen LogP contribution in [0.5, 0.6) is 0 Å². The van der Waals surface area contributed by atoms with Crippen LogP contribution in [-0.4, -0.2) is 11.8 Å². The van der Waals surface area contributed by atoms with E-state index >= 15 is 0 Å². The molecule has 0 saturated carbocycles. The first-order valence-corrected chi connectivity index (χ1v) is 8.56. The van der Waals surface area contributed by atoms with Crippen molar-refractivity contribution in [2.24, 2.45) is 0 Å². The molecule has 2 aromatic carbocycles. The fourth-order valence-electron chi connectivity index (χ4n) is 2.67. The van der Waals surface area contributed by atoms with Crippen molar-refractivity contribution >= 4 is 11.8 Å². The molecule has 3 rings (SSSR count). The standard InChI is InChI=1S/C22H20N2O3/c1-2-20(25)23-15-16-10-12-18(13-11-16)22(26)24-21(19-9-6-14-27-19)17-7-4-3-5-8-17/h2-14,21H,1,15H2,(H,23,25)(H,24,26). The highest BCUT2D eigenvalue weighted by molar-refractivity contribution is 5.94. The van der Waals surface area contributed by atoms with Gasteiger partial charge in [0.1, 0.15) is 11.8 Å². The molecule has 1 atom stereocenters. The second-order valence-electron chi connectivity index (χ2n) is 5.95. The highest BCUT2D eigenvalue weighted by Gasteiger charge is 2.20. The van der Waals surface area contributed by atoms with Crippen molar-refractivity contribution in [3.05, 3.63) is 108 Å². The summed E-state index contributed by atoms with van der Waals surface area (Å²) in [6.07, 6.45) is 2.81. The third-order valence-corrected chi connectivity index (χ3v) is 4.10. The molecule has 5 nitrogen and oxygen atoms in total. The monoisotopic (exact) mass is 360 g/mol. The number of furan rings is 1. The summed E-state index contributed by atoms with van der Waals surface area (Å²) in [5, 5.41) is 5.71. The van der Waals surface area contributed by atoms with Crippen LogP contribution in [0.4, 0.5) is 0 Å². The number of benzene rings is 2. The molecule has 0 bridgehead atoms. The summed E-state index contributed by atoms with van der Waals surface area (Å²) in [5.74, 6) is 0.223. The van der Waals surface area contributed by atoms with E-state index in [9.17, 15) is 9.59 Å². The Bertz CT molecular complexity index is 901. The van der Waals surface area contributed by atoms with E-state index in [1.807, 2.05) is 48.5 Å². The third kappa shape index (κ3) is 4.73. The quantitative estimate of drug-likeness (QED) is 0.633. The van der Waals surface area contributed by atoms with E-state index in [-0.39, 0.29) is 17.9 Å². The van der Waals surface area contributed by atoms with Gasteiger partial charge >= 0.3 is 0 Å². The van der Waals surface area contributed by atoms with Gasteiger partial charge in [-0.25, -0.2) is 0 Å². The lowest BCUT2D eigenvalue weighted by molar-refractivity contribution is -0.116. The van der Waals surface area contributed by atoms with Gasteiger partial charge in [0.2, 0.25) is 5.91 Å². The van der Waals surface area contributed by atoms with Gasteiger partial charge in [-0.15, -0.1) is 0 Å². The Morgan fingerprint density at radius 3 is 2.37 bits per heavy atom. The first-order valence-electron chi connectivity index (χ1n) is 8.56. The average molecular weight is 360 g/mol. The zero-order valence-corrected chi connectivity index (χ0v) is 14.7. The zero-order chi connectivity index (χ0) is 19.1. The SMILES string of the molecule is C=CC(=O)NCc1ccc(C(=O)NC(c2ccccc2)c2ccco2)cc1. The van der Waals surface area contributed by atoms with E-state index < -0.39 is 0 Å². The Morgan fingerprint density at radius 2 is 1.74 bits per heavy atom. The molecule has 0 aliphatic heterocycles. The summed E-state index contributed by atoms with van der Waals surface area (Å²) in [6.45, 7) is 3.79. The maximum atomic E-state index is 12.7. The minimum Gasteiger partial charge on any atom is -0.467 e. The largest absolute Gasteiger partial charge is 0.467 e. The van der Waals surface area contributed by atoms with Crippen molar-refractivity contribution in [1.82, 2.24) is 10.6 Å². The number of hydrogen-bond acceptors (Lipinski definition) is 3. The molecule has 136 valence electrons. The maximum absolute atomic E-state index is 12.7. The summed E-state index contributed by atoms with van der Waals surface area (Å²) < 4.78 is 5.51. The van der Waals surface area contributed by atoms with Gasteiger partial charge in [0.15, 0.2) is 0 Å². The lowest BCUT2D eigenvalue weighted by Gasteiger charge is -2.17. The smallest absolute Gasteiger partial charge is 0.252 e. The molecule has 3 aromatic rings. The summed E-state index contributed by atoms with van der Waals surface area (Å²) in [7, 11) is 0. The van der Waals surface area contributed by atoms with Crippen LogP contribution < -0.4 is 10.6 Å². The molecule has 2 N–H and O–H groups in total. The van der Waals surface area contributed by atoms with Gasteiger partial charge in [-0.3, -0.25) is 9.59 Å². The average Bonchev–Trinajstić information content (AvgIpc) is 3.25. The Hall–Kier alpha value is -3.60. The predicted octanol–water partition coefficient (Wildman–Crippen LogP) is 3.60. The summed E-state index contributed by atoms with van der Waals surface area (Å²) >= 11 is 0. The number of nitrogens with one attached hydrogen (secondary N) is 2. The molecule has 2 amide bonds. The first kappa shape index (κ1) is 18.2. The molecular formula is C22H20N2O3. The Balaban J connectivity index is 1.72. The van der Waals surface area contributed by atoms with E-state index in [4.69, 9.17) is 4.42 Å². The van der Waals surface area contributed by atoms with Crippen LogP contribution in [0.25, 0.3) is 0 Å². The van der Waals surface area contributed by atoms with Crippen LogP contribution in [0.3, 0.4) is 0 Å². The summed E-state index contributed by atoms with van der Waals surface area (Å²) in [4.78, 5) is 23.9. The lowest BCUT2D eigenvalue weighted by Crippen LogP contribution is -2.29. The second kappa shape index (κ2) is 8.67. The molecule has 0 aliphatic carbocycles. The molecule has 0 spiro atoms. The molecule has 0 saturated heterocycles. The highest BCUT2D eigenvalue weighted by atomic mass is 16.3. The number of hydrogen-bond donors (Lipinski definition) is 2. The number of rotatable bonds is 7. The summed E-state index contributed by atoms with van der Waals surface area (Å²) in [6, 6.07) is 20.0. The number of carbonyl (C=O) groups is 2. The molecule has 27 heavy (non-hydrogen) atoms. The minimum atomic E-state index is -0.375. The maximum Gasteiger partial charge on any atom is 0.252 e. The van der Waals surface area contributed by atoms with Gasteiger partial charge in [-0.2, -0.15) is 0 Å². The van der Waals surface area contributed by atoms with Crippen LogP contribution >= 0.6 is 0 Å². The van der Waals surface area contributed by atoms with Gasteiger partial charge in [-0.1, -0.05) is 49.0 Å². The van der Waals surface area contributed by atoms with Gasteiger partial charge in [0.25, 0.3) is 5.91 Å². The molecular weight excluding hydrogens is 340 g/mol. The Labute approximate surface area is 157 Å². The van der Waals surface area contributed by atoms with Crippen LogP contribution in [-0.2, 0) is 11.3 Å². The Kier molecular flexibility index (Phi) is 5.84. The summed E-state index contributed by atoms with van der Waals surface area (Å²) in [5.41, 5.74) is 2.36. The minimum absolute atomic E-state index is 0.207. The highest BCUT2D eigenvalue weighted by Crippen LogP contribution is 2.23. The van der Waals surface area contributed by atoms with Crippen LogP contribution in [0, 0.1) is 0 Å². The van der Waals surface area contributed by atoms with Crippen molar-refractivity contribution in [3.63, 3.8) is 0 Å². The van der Waals surface area contributed by atoms with Gasteiger partial charge in [0, 0.05) is 12.1 Å². The fourth-order valence-corrected chi connectivity index (χ4v) is 2.67. The first-order chi connectivity index (χ1) is 13.2. The van der Waals surface area contributed by atoms with E-state index in [0.717, 1.165) is 11.1 Å². The molecule has 1 aromatic heterocycles. The van der Waals surface area contributed by atoms with E-state index in [1.54, 1.807) is 24.5 Å².